The van der Waals surface area contributed by atoms with E-state index in [1.165, 1.54) is 11.3 Å². The molecule has 0 aliphatic rings. The molecule has 0 radical (unpaired) electrons. The number of nitrogens with zero attached hydrogens (tertiary/aromatic N) is 3. The first kappa shape index (κ1) is 9.05. The van der Waals surface area contributed by atoms with E-state index in [-0.39, 0.29) is 0 Å². The lowest BCUT2D eigenvalue weighted by molar-refractivity contribution is 0.766. The Labute approximate surface area is 88.7 Å². The fraction of sp³-hybridized carbons (Fsp3) is 0.143. The van der Waals surface area contributed by atoms with E-state index in [1.807, 2.05) is 18.6 Å². The van der Waals surface area contributed by atoms with Crippen molar-refractivity contribution in [1.29, 1.82) is 0 Å². The Morgan fingerprint density at radius 3 is 3.00 bits per heavy atom. The van der Waals surface area contributed by atoms with Gasteiger partial charge >= 0.3 is 0 Å². The summed E-state index contributed by atoms with van der Waals surface area (Å²) in [7, 11) is 1.89. The van der Waals surface area contributed by atoms with Gasteiger partial charge in [0.25, 0.3) is 0 Å². The van der Waals surface area contributed by atoms with Crippen molar-refractivity contribution in [2.24, 2.45) is 7.05 Å². The van der Waals surface area contributed by atoms with Crippen LogP contribution in [0.25, 0.3) is 0 Å². The first-order chi connectivity index (χ1) is 6.24. The molecule has 3 nitrogen and oxygen atoms in total. The Morgan fingerprint density at radius 1 is 1.62 bits per heavy atom. The minimum atomic E-state index is 0.552. The van der Waals surface area contributed by atoms with Crippen molar-refractivity contribution < 1.29 is 0 Å². The van der Waals surface area contributed by atoms with E-state index in [0.29, 0.717) is 5.15 Å². The molecule has 0 aliphatic carbocycles. The van der Waals surface area contributed by atoms with Crippen LogP contribution in [0.15, 0.2) is 27.0 Å². The average molecular weight is 232 g/mol. The van der Waals surface area contributed by atoms with Crippen LogP contribution in [0.3, 0.4) is 0 Å². The molecular formula is C7H6ClN3S2. The van der Waals surface area contributed by atoms with Gasteiger partial charge in [-0.25, -0.2) is 4.98 Å². The molecule has 0 atom stereocenters. The maximum atomic E-state index is 5.70. The molecule has 0 N–H and O–H groups in total. The highest BCUT2D eigenvalue weighted by molar-refractivity contribution is 8.01. The van der Waals surface area contributed by atoms with Gasteiger partial charge in [0, 0.05) is 18.6 Å². The molecule has 2 aromatic heterocycles. The Kier molecular flexibility index (Phi) is 2.57. The zero-order valence-electron chi connectivity index (χ0n) is 6.77. The minimum absolute atomic E-state index is 0.552. The maximum Gasteiger partial charge on any atom is 0.156 e. The second kappa shape index (κ2) is 3.69. The number of thiazole rings is 1. The summed E-state index contributed by atoms with van der Waals surface area (Å²) in [6.45, 7) is 0. The summed E-state index contributed by atoms with van der Waals surface area (Å²) in [5, 5.41) is 6.43. The Bertz CT molecular complexity index is 371. The molecule has 2 aromatic rings. The average Bonchev–Trinajstić information content (AvgIpc) is 2.62. The smallest absolute Gasteiger partial charge is 0.156 e. The number of halogens is 1. The van der Waals surface area contributed by atoms with Crippen molar-refractivity contribution in [2.75, 3.05) is 0 Å². The molecule has 0 aliphatic heterocycles. The second-order valence-corrected chi connectivity index (χ2v) is 4.95. The lowest BCUT2D eigenvalue weighted by atomic mass is 10.7. The first-order valence-electron chi connectivity index (χ1n) is 3.51. The Morgan fingerprint density at radius 2 is 2.46 bits per heavy atom. The van der Waals surface area contributed by atoms with E-state index in [2.05, 4.69) is 10.1 Å². The van der Waals surface area contributed by atoms with Crippen LogP contribution in [0.5, 0.6) is 0 Å². The molecule has 0 amide bonds. The van der Waals surface area contributed by atoms with E-state index in [0.717, 1.165) is 9.24 Å². The highest BCUT2D eigenvalue weighted by atomic mass is 35.5. The molecule has 0 bridgehead atoms. The zero-order valence-corrected chi connectivity index (χ0v) is 9.16. The predicted molar refractivity (Wildman–Crippen MR) is 54.5 cm³/mol. The highest BCUT2D eigenvalue weighted by Gasteiger charge is 2.03. The lowest BCUT2D eigenvalue weighted by Crippen LogP contribution is -1.83. The van der Waals surface area contributed by atoms with Gasteiger partial charge in [-0.3, -0.25) is 4.68 Å². The molecule has 0 saturated carbocycles. The maximum absolute atomic E-state index is 5.70. The third-order valence-electron chi connectivity index (χ3n) is 1.34. The van der Waals surface area contributed by atoms with Crippen LogP contribution in [0, 0.1) is 0 Å². The van der Waals surface area contributed by atoms with E-state index >= 15 is 0 Å². The largest absolute Gasteiger partial charge is 0.275 e. The second-order valence-electron chi connectivity index (χ2n) is 2.39. The van der Waals surface area contributed by atoms with Gasteiger partial charge in [0.15, 0.2) is 4.34 Å². The quantitative estimate of drug-likeness (QED) is 0.796. The van der Waals surface area contributed by atoms with E-state index in [9.17, 15) is 0 Å². The Hall–Kier alpha value is -0.520. The van der Waals surface area contributed by atoms with Gasteiger partial charge in [-0.2, -0.15) is 5.10 Å². The number of hydrogen-bond donors (Lipinski definition) is 0. The van der Waals surface area contributed by atoms with E-state index < -0.39 is 0 Å². The topological polar surface area (TPSA) is 30.7 Å². The Balaban J connectivity index is 2.14. The standard InChI is InChI=1S/C7H6ClN3S2/c1-11-3-5(2-9-11)13-7-10-6(8)4-12-7/h2-4H,1H3. The van der Waals surface area contributed by atoms with Crippen molar-refractivity contribution in [2.45, 2.75) is 9.24 Å². The zero-order chi connectivity index (χ0) is 9.26. The van der Waals surface area contributed by atoms with Crippen LogP contribution in [0.2, 0.25) is 5.15 Å². The van der Waals surface area contributed by atoms with Crippen LogP contribution in [0.1, 0.15) is 0 Å². The van der Waals surface area contributed by atoms with Crippen molar-refractivity contribution in [3.8, 4) is 0 Å². The molecule has 0 fully saturated rings. The molecule has 0 aromatic carbocycles. The van der Waals surface area contributed by atoms with Crippen LogP contribution < -0.4 is 0 Å². The van der Waals surface area contributed by atoms with Crippen molar-refractivity contribution in [3.63, 3.8) is 0 Å². The number of aryl methyl sites for hydroxylation is 1. The summed E-state index contributed by atoms with van der Waals surface area (Å²) < 4.78 is 2.70. The van der Waals surface area contributed by atoms with Crippen LogP contribution in [0.4, 0.5) is 0 Å². The van der Waals surface area contributed by atoms with E-state index in [4.69, 9.17) is 11.6 Å². The number of aromatic nitrogens is 3. The van der Waals surface area contributed by atoms with Crippen molar-refractivity contribution >= 4 is 34.7 Å². The van der Waals surface area contributed by atoms with Gasteiger partial charge < -0.3 is 0 Å². The highest BCUT2D eigenvalue weighted by Crippen LogP contribution is 2.30. The van der Waals surface area contributed by atoms with Gasteiger partial charge in [-0.05, 0) is 0 Å². The molecule has 0 saturated heterocycles. The molecule has 2 heterocycles. The summed E-state index contributed by atoms with van der Waals surface area (Å²) in [6.07, 6.45) is 3.75. The summed E-state index contributed by atoms with van der Waals surface area (Å²) >= 11 is 8.80. The molecular weight excluding hydrogens is 226 g/mol. The number of rotatable bonds is 2. The van der Waals surface area contributed by atoms with Gasteiger partial charge in [0.2, 0.25) is 0 Å². The fourth-order valence-corrected chi connectivity index (χ4v) is 2.83. The van der Waals surface area contributed by atoms with Crippen LogP contribution in [-0.2, 0) is 7.05 Å². The summed E-state index contributed by atoms with van der Waals surface area (Å²) in [6, 6.07) is 0. The number of hydrogen-bond acceptors (Lipinski definition) is 4. The molecule has 2 rings (SSSR count). The summed E-state index contributed by atoms with van der Waals surface area (Å²) in [5.41, 5.74) is 0. The van der Waals surface area contributed by atoms with Gasteiger partial charge in [0.05, 0.1) is 11.1 Å². The van der Waals surface area contributed by atoms with Gasteiger partial charge in [-0.15, -0.1) is 11.3 Å². The molecule has 0 spiro atoms. The normalized spacial score (nSPS) is 10.6. The van der Waals surface area contributed by atoms with E-state index in [1.54, 1.807) is 22.6 Å². The third-order valence-corrected chi connectivity index (χ3v) is 3.55. The fourth-order valence-electron chi connectivity index (χ4n) is 0.838. The van der Waals surface area contributed by atoms with Gasteiger partial charge in [0.1, 0.15) is 5.15 Å². The molecule has 68 valence electrons. The van der Waals surface area contributed by atoms with Crippen molar-refractivity contribution in [1.82, 2.24) is 14.8 Å². The lowest BCUT2D eigenvalue weighted by Gasteiger charge is -1.88. The minimum Gasteiger partial charge on any atom is -0.275 e. The first-order valence-corrected chi connectivity index (χ1v) is 5.59. The predicted octanol–water partition coefficient (Wildman–Crippen LogP) is 2.68. The van der Waals surface area contributed by atoms with Gasteiger partial charge in [-0.1, -0.05) is 23.4 Å². The van der Waals surface area contributed by atoms with Crippen molar-refractivity contribution in [3.05, 3.63) is 22.9 Å². The molecule has 0 unspecified atom stereocenters. The third kappa shape index (κ3) is 2.24. The summed E-state index contributed by atoms with van der Waals surface area (Å²) in [4.78, 5) is 5.20. The van der Waals surface area contributed by atoms with Crippen LogP contribution in [-0.4, -0.2) is 14.8 Å². The SMILES string of the molecule is Cn1cc(Sc2nc(Cl)cs2)cn1. The van der Waals surface area contributed by atoms with Crippen LogP contribution >= 0.6 is 34.7 Å². The molecule has 13 heavy (non-hydrogen) atoms. The molecule has 6 heteroatoms. The summed E-state index contributed by atoms with van der Waals surface area (Å²) in [5.74, 6) is 0. The monoisotopic (exact) mass is 231 g/mol.